The van der Waals surface area contributed by atoms with Gasteiger partial charge in [0.15, 0.2) is 0 Å². The number of likely N-dealkylation sites (tertiary alicyclic amines) is 1. The van der Waals surface area contributed by atoms with Gasteiger partial charge in [0.1, 0.15) is 5.38 Å². The van der Waals surface area contributed by atoms with Gasteiger partial charge in [0.25, 0.3) is 0 Å². The Morgan fingerprint density at radius 2 is 2.19 bits per heavy atom. The Morgan fingerprint density at radius 3 is 2.69 bits per heavy atom. The Balaban J connectivity index is 2.48. The highest BCUT2D eigenvalue weighted by atomic mass is 35.5. The first kappa shape index (κ1) is 13.6. The summed E-state index contributed by atoms with van der Waals surface area (Å²) in [4.78, 5) is 11.9. The molecule has 7 heteroatoms. The zero-order valence-corrected chi connectivity index (χ0v) is 9.26. The molecule has 16 heavy (non-hydrogen) atoms. The van der Waals surface area contributed by atoms with Crippen LogP contribution in [-0.4, -0.2) is 47.2 Å². The number of hydrogen-bond acceptors (Lipinski definition) is 2. The number of aliphatic carboxylic acids is 1. The third-order valence-electron chi connectivity index (χ3n) is 2.65. The number of halogens is 4. The summed E-state index contributed by atoms with van der Waals surface area (Å²) >= 11 is 5.49. The van der Waals surface area contributed by atoms with Crippen LogP contribution in [0.2, 0.25) is 0 Å². The van der Waals surface area contributed by atoms with Crippen LogP contribution in [0.5, 0.6) is 0 Å². The van der Waals surface area contributed by atoms with Gasteiger partial charge < -0.3 is 10.0 Å². The zero-order chi connectivity index (χ0) is 12.3. The van der Waals surface area contributed by atoms with Gasteiger partial charge in [-0.25, -0.2) is 0 Å². The van der Waals surface area contributed by atoms with E-state index in [0.29, 0.717) is 13.0 Å². The summed E-state index contributed by atoms with van der Waals surface area (Å²) in [5, 5.41) is 7.41. The van der Waals surface area contributed by atoms with Crippen LogP contribution in [0.15, 0.2) is 0 Å². The number of rotatable bonds is 3. The lowest BCUT2D eigenvalue weighted by atomic mass is 9.97. The molecule has 1 N–H and O–H groups in total. The van der Waals surface area contributed by atoms with Crippen molar-refractivity contribution in [3.63, 3.8) is 0 Å². The fourth-order valence-electron chi connectivity index (χ4n) is 1.79. The number of carbonyl (C=O) groups is 1. The quantitative estimate of drug-likeness (QED) is 0.788. The molecule has 1 rings (SSSR count). The summed E-state index contributed by atoms with van der Waals surface area (Å²) in [7, 11) is 0. The molecule has 0 aromatic rings. The number of carboxylic acid groups (broad SMARTS) is 1. The van der Waals surface area contributed by atoms with Gasteiger partial charge in [0.2, 0.25) is 0 Å². The molecule has 0 bridgehead atoms. The molecule has 2 unspecified atom stereocenters. The van der Waals surface area contributed by atoms with Crippen molar-refractivity contribution >= 4 is 17.6 Å². The SMILES string of the molecule is O=C(O)C(Cl)CN1CCCC(C(F)(F)F)C1. The first-order valence-corrected chi connectivity index (χ1v) is 5.40. The van der Waals surface area contributed by atoms with E-state index >= 15 is 0 Å². The molecule has 0 aliphatic carbocycles. The van der Waals surface area contributed by atoms with Crippen molar-refractivity contribution in [3.8, 4) is 0 Å². The van der Waals surface area contributed by atoms with Crippen molar-refractivity contribution in [3.05, 3.63) is 0 Å². The second-order valence-electron chi connectivity index (χ2n) is 3.95. The lowest BCUT2D eigenvalue weighted by Crippen LogP contribution is -2.44. The third kappa shape index (κ3) is 3.83. The highest BCUT2D eigenvalue weighted by Crippen LogP contribution is 2.33. The van der Waals surface area contributed by atoms with E-state index in [0.717, 1.165) is 0 Å². The lowest BCUT2D eigenvalue weighted by Gasteiger charge is -2.34. The number of piperidine rings is 1. The average molecular weight is 260 g/mol. The monoisotopic (exact) mass is 259 g/mol. The molecular weight excluding hydrogens is 247 g/mol. The van der Waals surface area contributed by atoms with E-state index < -0.39 is 23.4 Å². The molecule has 1 saturated heterocycles. The molecule has 0 saturated carbocycles. The van der Waals surface area contributed by atoms with E-state index in [2.05, 4.69) is 0 Å². The first-order chi connectivity index (χ1) is 7.30. The Labute approximate surface area is 96.2 Å². The van der Waals surface area contributed by atoms with Gasteiger partial charge in [-0.15, -0.1) is 11.6 Å². The fraction of sp³-hybridized carbons (Fsp3) is 0.889. The molecule has 1 aliphatic heterocycles. The summed E-state index contributed by atoms with van der Waals surface area (Å²) in [6, 6.07) is 0. The van der Waals surface area contributed by atoms with Crippen LogP contribution in [0.25, 0.3) is 0 Å². The Hall–Kier alpha value is -0.490. The van der Waals surface area contributed by atoms with Gasteiger partial charge in [0, 0.05) is 13.1 Å². The molecule has 0 aromatic carbocycles. The molecule has 0 amide bonds. The Bertz CT molecular complexity index is 260. The van der Waals surface area contributed by atoms with Crippen molar-refractivity contribution in [2.45, 2.75) is 24.4 Å². The molecule has 1 heterocycles. The Morgan fingerprint density at radius 1 is 1.56 bits per heavy atom. The second-order valence-corrected chi connectivity index (χ2v) is 4.47. The molecule has 0 spiro atoms. The van der Waals surface area contributed by atoms with Crippen LogP contribution < -0.4 is 0 Å². The van der Waals surface area contributed by atoms with E-state index in [1.54, 1.807) is 0 Å². The van der Waals surface area contributed by atoms with Crippen molar-refractivity contribution in [1.29, 1.82) is 0 Å². The summed E-state index contributed by atoms with van der Waals surface area (Å²) < 4.78 is 37.3. The minimum atomic E-state index is -4.20. The molecule has 3 nitrogen and oxygen atoms in total. The van der Waals surface area contributed by atoms with Crippen molar-refractivity contribution < 1.29 is 23.1 Å². The predicted molar refractivity (Wildman–Crippen MR) is 52.5 cm³/mol. The Kier molecular flexibility index (Phi) is 4.43. The zero-order valence-electron chi connectivity index (χ0n) is 8.50. The summed E-state index contributed by atoms with van der Waals surface area (Å²) in [5.41, 5.74) is 0. The van der Waals surface area contributed by atoms with Gasteiger partial charge in [-0.3, -0.25) is 4.79 Å². The van der Waals surface area contributed by atoms with E-state index in [1.165, 1.54) is 4.90 Å². The standard InChI is InChI=1S/C9H13ClF3NO2/c10-7(8(15)16)5-14-3-1-2-6(4-14)9(11,12)13/h6-7H,1-5H2,(H,15,16). The van der Waals surface area contributed by atoms with Gasteiger partial charge in [-0.1, -0.05) is 0 Å². The summed E-state index contributed by atoms with van der Waals surface area (Å²) in [5.74, 6) is -2.56. The van der Waals surface area contributed by atoms with Crippen molar-refractivity contribution in [2.75, 3.05) is 19.6 Å². The maximum Gasteiger partial charge on any atom is 0.393 e. The highest BCUT2D eigenvalue weighted by Gasteiger charge is 2.42. The second kappa shape index (κ2) is 5.23. The van der Waals surface area contributed by atoms with Crippen LogP contribution >= 0.6 is 11.6 Å². The van der Waals surface area contributed by atoms with E-state index in [9.17, 15) is 18.0 Å². The number of nitrogens with zero attached hydrogens (tertiary/aromatic N) is 1. The van der Waals surface area contributed by atoms with Crippen molar-refractivity contribution in [1.82, 2.24) is 4.90 Å². The van der Waals surface area contributed by atoms with Crippen LogP contribution in [0.1, 0.15) is 12.8 Å². The number of hydrogen-bond donors (Lipinski definition) is 1. The third-order valence-corrected chi connectivity index (χ3v) is 2.98. The van der Waals surface area contributed by atoms with Gasteiger partial charge in [0.05, 0.1) is 5.92 Å². The number of alkyl halides is 4. The first-order valence-electron chi connectivity index (χ1n) is 4.96. The highest BCUT2D eigenvalue weighted by molar-refractivity contribution is 6.29. The smallest absolute Gasteiger partial charge is 0.393 e. The maximum absolute atomic E-state index is 12.4. The van der Waals surface area contributed by atoms with E-state index in [-0.39, 0.29) is 19.5 Å². The molecule has 0 aromatic heterocycles. The summed E-state index contributed by atoms with van der Waals surface area (Å²) in [6.07, 6.45) is -3.67. The molecule has 94 valence electrons. The van der Waals surface area contributed by atoms with Gasteiger partial charge in [-0.2, -0.15) is 13.2 Å². The van der Waals surface area contributed by atoms with Gasteiger partial charge in [-0.05, 0) is 19.4 Å². The van der Waals surface area contributed by atoms with E-state index in [4.69, 9.17) is 16.7 Å². The minimum absolute atomic E-state index is 0.0382. The fourth-order valence-corrected chi connectivity index (χ4v) is 1.99. The maximum atomic E-state index is 12.4. The molecule has 0 radical (unpaired) electrons. The lowest BCUT2D eigenvalue weighted by molar-refractivity contribution is -0.186. The minimum Gasteiger partial charge on any atom is -0.480 e. The van der Waals surface area contributed by atoms with Crippen LogP contribution in [0.4, 0.5) is 13.2 Å². The van der Waals surface area contributed by atoms with Gasteiger partial charge >= 0.3 is 12.1 Å². The topological polar surface area (TPSA) is 40.5 Å². The summed E-state index contributed by atoms with van der Waals surface area (Å²) in [6.45, 7) is 0.284. The normalized spacial score (nSPS) is 25.4. The largest absolute Gasteiger partial charge is 0.480 e. The predicted octanol–water partition coefficient (Wildman–Crippen LogP) is 1.95. The van der Waals surface area contributed by atoms with E-state index in [1.807, 2.05) is 0 Å². The van der Waals surface area contributed by atoms with Crippen LogP contribution in [0, 0.1) is 5.92 Å². The molecule has 1 aliphatic rings. The molecule has 2 atom stereocenters. The molecule has 1 fully saturated rings. The van der Waals surface area contributed by atoms with Crippen LogP contribution in [0.3, 0.4) is 0 Å². The van der Waals surface area contributed by atoms with Crippen LogP contribution in [-0.2, 0) is 4.79 Å². The number of carboxylic acids is 1. The van der Waals surface area contributed by atoms with Crippen molar-refractivity contribution in [2.24, 2.45) is 5.92 Å². The average Bonchev–Trinajstić information content (AvgIpc) is 2.16. The molecular formula is C9H13ClF3NO2.